The lowest BCUT2D eigenvalue weighted by molar-refractivity contribution is -0.121. The van der Waals surface area contributed by atoms with Crippen molar-refractivity contribution in [2.45, 2.75) is 25.9 Å². The molecular formula is C34H25N3O6S. The van der Waals surface area contributed by atoms with Crippen LogP contribution in [0.25, 0.3) is 11.0 Å². The number of esters is 1. The van der Waals surface area contributed by atoms with Crippen LogP contribution in [-0.2, 0) is 21.6 Å². The molecule has 7 rings (SSSR count). The van der Waals surface area contributed by atoms with E-state index in [1.807, 2.05) is 37.3 Å². The maximum atomic E-state index is 15.0. The van der Waals surface area contributed by atoms with Crippen LogP contribution in [0.3, 0.4) is 0 Å². The quantitative estimate of drug-likeness (QED) is 0.182. The lowest BCUT2D eigenvalue weighted by Gasteiger charge is -2.32. The SMILES string of the molecule is C=CCOC(=O)c1sc(N2C(=O)c3oc4ccc(C)cc4c(=O)c3C23C(=O)N(Cc2ccccc2)c2ccccc23)nc1C. The zero-order chi connectivity index (χ0) is 30.7. The average molecular weight is 604 g/mol. The van der Waals surface area contributed by atoms with Gasteiger partial charge in [-0.15, -0.1) is 0 Å². The smallest absolute Gasteiger partial charge is 0.350 e. The predicted octanol–water partition coefficient (Wildman–Crippen LogP) is 5.66. The van der Waals surface area contributed by atoms with Crippen molar-refractivity contribution in [3.05, 3.63) is 134 Å². The number of hydrogen-bond donors (Lipinski definition) is 0. The van der Waals surface area contributed by atoms with E-state index < -0.39 is 28.8 Å². The second-order valence-corrected chi connectivity index (χ2v) is 11.7. The summed E-state index contributed by atoms with van der Waals surface area (Å²) in [5.74, 6) is -2.08. The van der Waals surface area contributed by atoms with Crippen LogP contribution >= 0.6 is 11.3 Å². The first-order valence-corrected chi connectivity index (χ1v) is 14.7. The van der Waals surface area contributed by atoms with Gasteiger partial charge in [0.1, 0.15) is 17.1 Å². The molecule has 2 aliphatic heterocycles. The van der Waals surface area contributed by atoms with Crippen molar-refractivity contribution >= 4 is 50.9 Å². The van der Waals surface area contributed by atoms with Crippen LogP contribution in [-0.4, -0.2) is 29.4 Å². The Hall–Kier alpha value is -5.35. The Morgan fingerprint density at radius 3 is 2.57 bits per heavy atom. The number of aryl methyl sites for hydroxylation is 2. The Labute approximate surface area is 255 Å². The van der Waals surface area contributed by atoms with E-state index in [4.69, 9.17) is 9.15 Å². The van der Waals surface area contributed by atoms with Gasteiger partial charge < -0.3 is 14.1 Å². The number of ether oxygens (including phenoxy) is 1. The Balaban J connectivity index is 1.52. The van der Waals surface area contributed by atoms with E-state index in [1.165, 1.54) is 11.0 Å². The Morgan fingerprint density at radius 2 is 1.80 bits per heavy atom. The first-order valence-electron chi connectivity index (χ1n) is 13.9. The number of amides is 2. The maximum absolute atomic E-state index is 15.0. The maximum Gasteiger partial charge on any atom is 0.350 e. The fraction of sp³-hybridized carbons (Fsp3) is 0.147. The highest BCUT2D eigenvalue weighted by Gasteiger charge is 2.66. The van der Waals surface area contributed by atoms with Gasteiger partial charge in [-0.1, -0.05) is 84.2 Å². The fourth-order valence-electron chi connectivity index (χ4n) is 6.07. The van der Waals surface area contributed by atoms with E-state index in [-0.39, 0.29) is 45.5 Å². The predicted molar refractivity (Wildman–Crippen MR) is 166 cm³/mol. The second kappa shape index (κ2) is 10.1. The molecule has 44 heavy (non-hydrogen) atoms. The Morgan fingerprint density at radius 1 is 1.05 bits per heavy atom. The number of carbonyl (C=O) groups is 3. The van der Waals surface area contributed by atoms with E-state index in [0.717, 1.165) is 22.5 Å². The standard InChI is InChI=1S/C34H25N3O6S/c1-4-16-42-31(40)29-20(3)35-33(44-29)37-30(39)28-26(27(38)22-17-19(2)14-15-25(22)43-28)34(37)23-12-8-9-13-24(23)36(32(34)41)18-21-10-6-5-7-11-21/h4-15,17H,1,16,18H2,2-3H3. The van der Waals surface area contributed by atoms with Crippen molar-refractivity contribution in [1.82, 2.24) is 4.98 Å². The summed E-state index contributed by atoms with van der Waals surface area (Å²) >= 11 is 0.916. The van der Waals surface area contributed by atoms with Gasteiger partial charge in [-0.25, -0.2) is 9.78 Å². The topological polar surface area (TPSA) is 110 Å². The molecule has 2 amide bonds. The van der Waals surface area contributed by atoms with Crippen LogP contribution in [0.1, 0.15) is 48.2 Å². The van der Waals surface area contributed by atoms with Crippen molar-refractivity contribution < 1.29 is 23.5 Å². The van der Waals surface area contributed by atoms with Crippen molar-refractivity contribution in [1.29, 1.82) is 0 Å². The summed E-state index contributed by atoms with van der Waals surface area (Å²) < 4.78 is 11.4. The van der Waals surface area contributed by atoms with Gasteiger partial charge in [-0.05, 0) is 37.6 Å². The molecule has 4 heterocycles. The molecule has 2 aliphatic rings. The molecule has 0 fully saturated rings. The number of para-hydroxylation sites is 1. The van der Waals surface area contributed by atoms with Crippen molar-refractivity contribution in [2.75, 3.05) is 16.4 Å². The van der Waals surface area contributed by atoms with Gasteiger partial charge in [0.15, 0.2) is 16.1 Å². The summed E-state index contributed by atoms with van der Waals surface area (Å²) in [4.78, 5) is 64.4. The number of fused-ring (bicyclic) bond motifs is 5. The summed E-state index contributed by atoms with van der Waals surface area (Å²) in [6, 6.07) is 21.7. The molecule has 3 aromatic carbocycles. The van der Waals surface area contributed by atoms with Gasteiger partial charge in [0.25, 0.3) is 11.8 Å². The first-order chi connectivity index (χ1) is 21.3. The normalized spacial score (nSPS) is 17.0. The minimum atomic E-state index is -1.93. The minimum Gasteiger partial charge on any atom is -0.457 e. The number of carbonyl (C=O) groups excluding carboxylic acids is 3. The van der Waals surface area contributed by atoms with E-state index in [9.17, 15) is 14.4 Å². The first kappa shape index (κ1) is 27.5. The Bertz CT molecular complexity index is 2100. The van der Waals surface area contributed by atoms with Crippen LogP contribution in [0.2, 0.25) is 0 Å². The monoisotopic (exact) mass is 603 g/mol. The molecule has 9 nitrogen and oxygen atoms in total. The average Bonchev–Trinajstić information content (AvgIpc) is 3.61. The van der Waals surface area contributed by atoms with Crippen LogP contribution in [0.15, 0.2) is 94.7 Å². The number of benzene rings is 3. The van der Waals surface area contributed by atoms with Crippen LogP contribution < -0.4 is 15.2 Å². The van der Waals surface area contributed by atoms with Gasteiger partial charge >= 0.3 is 5.97 Å². The summed E-state index contributed by atoms with van der Waals surface area (Å²) in [7, 11) is 0. The molecule has 0 N–H and O–H groups in total. The van der Waals surface area contributed by atoms with E-state index in [2.05, 4.69) is 11.6 Å². The molecule has 1 atom stereocenters. The minimum absolute atomic E-state index is 0.00569. The highest BCUT2D eigenvalue weighted by molar-refractivity contribution is 7.17. The van der Waals surface area contributed by atoms with Gasteiger partial charge in [-0.3, -0.25) is 19.3 Å². The lowest BCUT2D eigenvalue weighted by atomic mass is 9.84. The van der Waals surface area contributed by atoms with E-state index >= 15 is 4.79 Å². The van der Waals surface area contributed by atoms with Crippen molar-refractivity contribution in [3.8, 4) is 0 Å². The van der Waals surface area contributed by atoms with Crippen molar-refractivity contribution in [3.63, 3.8) is 0 Å². The van der Waals surface area contributed by atoms with E-state index in [0.29, 0.717) is 16.9 Å². The number of anilines is 2. The van der Waals surface area contributed by atoms with E-state index in [1.54, 1.807) is 54.3 Å². The molecule has 2 aromatic heterocycles. The number of rotatable bonds is 6. The molecule has 5 aromatic rings. The highest BCUT2D eigenvalue weighted by Crippen LogP contribution is 2.55. The molecular weight excluding hydrogens is 578 g/mol. The molecule has 0 saturated heterocycles. The van der Waals surface area contributed by atoms with Gasteiger partial charge in [0, 0.05) is 5.56 Å². The number of nitrogens with zero attached hydrogens (tertiary/aromatic N) is 3. The zero-order valence-corrected chi connectivity index (χ0v) is 24.6. The number of aromatic nitrogens is 1. The summed E-state index contributed by atoms with van der Waals surface area (Å²) in [5, 5.41) is 0.322. The Kier molecular flexibility index (Phi) is 6.33. The summed E-state index contributed by atoms with van der Waals surface area (Å²) in [6.45, 7) is 7.24. The van der Waals surface area contributed by atoms with Crippen LogP contribution in [0.5, 0.6) is 0 Å². The third-order valence-electron chi connectivity index (χ3n) is 7.96. The lowest BCUT2D eigenvalue weighted by Crippen LogP contribution is -2.53. The molecule has 10 heteroatoms. The molecule has 0 radical (unpaired) electrons. The second-order valence-electron chi connectivity index (χ2n) is 10.7. The van der Waals surface area contributed by atoms with Gasteiger partial charge in [0.05, 0.1) is 28.9 Å². The van der Waals surface area contributed by atoms with Crippen molar-refractivity contribution in [2.24, 2.45) is 0 Å². The number of thiazole rings is 1. The van der Waals surface area contributed by atoms with Crippen LogP contribution in [0, 0.1) is 13.8 Å². The highest BCUT2D eigenvalue weighted by atomic mass is 32.1. The van der Waals surface area contributed by atoms with Gasteiger partial charge in [0.2, 0.25) is 5.76 Å². The molecule has 0 saturated carbocycles. The molecule has 0 aliphatic carbocycles. The molecule has 1 unspecified atom stereocenters. The summed E-state index contributed by atoms with van der Waals surface area (Å²) in [6.07, 6.45) is 1.45. The summed E-state index contributed by atoms with van der Waals surface area (Å²) in [5.41, 5.74) is 0.742. The third kappa shape index (κ3) is 3.80. The van der Waals surface area contributed by atoms with Gasteiger partial charge in [-0.2, -0.15) is 0 Å². The molecule has 1 spiro atoms. The third-order valence-corrected chi connectivity index (χ3v) is 9.08. The largest absolute Gasteiger partial charge is 0.457 e. The molecule has 218 valence electrons. The fourth-order valence-corrected chi connectivity index (χ4v) is 7.08. The number of hydrogen-bond acceptors (Lipinski definition) is 8. The zero-order valence-electron chi connectivity index (χ0n) is 23.8. The van der Waals surface area contributed by atoms with Crippen LogP contribution in [0.4, 0.5) is 10.8 Å². The molecule has 0 bridgehead atoms.